The Hall–Kier alpha value is -0.0400. The van der Waals surface area contributed by atoms with E-state index in [1.807, 2.05) is 0 Å². The third kappa shape index (κ3) is 6.42. The van der Waals surface area contributed by atoms with Crippen LogP contribution < -0.4 is 5.32 Å². The Bertz CT molecular complexity index is 119. The van der Waals surface area contributed by atoms with Gasteiger partial charge in [-0.25, -0.2) is 0 Å². The first-order valence-electron chi connectivity index (χ1n) is 6.15. The average Bonchev–Trinajstić information content (AvgIpc) is 2.01. The van der Waals surface area contributed by atoms with Gasteiger partial charge in [0.2, 0.25) is 0 Å². The summed E-state index contributed by atoms with van der Waals surface area (Å²) in [6.07, 6.45) is 1.29. The van der Waals surface area contributed by atoms with E-state index >= 15 is 0 Å². The van der Waals surface area contributed by atoms with Crippen LogP contribution in [0.2, 0.25) is 0 Å². The Labute approximate surface area is 90.7 Å². The van der Waals surface area contributed by atoms with Gasteiger partial charge in [0.05, 0.1) is 0 Å². The van der Waals surface area contributed by atoms with E-state index in [9.17, 15) is 0 Å². The van der Waals surface area contributed by atoms with Crippen molar-refractivity contribution in [3.05, 3.63) is 0 Å². The summed E-state index contributed by atoms with van der Waals surface area (Å²) in [5, 5.41) is 3.58. The lowest BCUT2D eigenvalue weighted by atomic mass is 9.85. The molecule has 0 rings (SSSR count). The van der Waals surface area contributed by atoms with Gasteiger partial charge >= 0.3 is 0 Å². The molecule has 0 saturated heterocycles. The van der Waals surface area contributed by atoms with E-state index in [2.05, 4.69) is 46.9 Å². The lowest BCUT2D eigenvalue weighted by Crippen LogP contribution is -2.30. The van der Waals surface area contributed by atoms with Crippen LogP contribution in [0.15, 0.2) is 0 Å². The van der Waals surface area contributed by atoms with Crippen molar-refractivity contribution in [1.29, 1.82) is 0 Å². The molecule has 0 bridgehead atoms. The van der Waals surface area contributed by atoms with Gasteiger partial charge in [0.15, 0.2) is 0 Å². The summed E-state index contributed by atoms with van der Waals surface area (Å²) in [5.41, 5.74) is 0. The maximum atomic E-state index is 3.58. The Morgan fingerprint density at radius 1 is 0.857 bits per heavy atom. The molecular formula is C13H29N. The predicted molar refractivity (Wildman–Crippen MR) is 65.5 cm³/mol. The van der Waals surface area contributed by atoms with E-state index in [-0.39, 0.29) is 0 Å². The molecule has 14 heavy (non-hydrogen) atoms. The first kappa shape index (κ1) is 14.0. The maximum Gasteiger partial charge on any atom is -0.00156 e. The van der Waals surface area contributed by atoms with Gasteiger partial charge in [0.1, 0.15) is 0 Å². The van der Waals surface area contributed by atoms with Crippen LogP contribution in [0.5, 0.6) is 0 Å². The molecule has 0 aliphatic rings. The Balaban J connectivity index is 3.62. The highest BCUT2D eigenvalue weighted by molar-refractivity contribution is 4.69. The largest absolute Gasteiger partial charge is 0.316 e. The van der Waals surface area contributed by atoms with Crippen molar-refractivity contribution >= 4 is 0 Å². The molecule has 86 valence electrons. The van der Waals surface area contributed by atoms with Crippen molar-refractivity contribution < 1.29 is 0 Å². The van der Waals surface area contributed by atoms with Crippen molar-refractivity contribution in [1.82, 2.24) is 5.32 Å². The summed E-state index contributed by atoms with van der Waals surface area (Å²) < 4.78 is 0. The van der Waals surface area contributed by atoms with E-state index in [0.29, 0.717) is 0 Å². The lowest BCUT2D eigenvalue weighted by molar-refractivity contribution is 0.274. The molecule has 0 fully saturated rings. The highest BCUT2D eigenvalue weighted by Crippen LogP contribution is 2.19. The van der Waals surface area contributed by atoms with Gasteiger partial charge < -0.3 is 5.32 Å². The molecule has 0 aromatic rings. The van der Waals surface area contributed by atoms with Crippen molar-refractivity contribution in [3.63, 3.8) is 0 Å². The van der Waals surface area contributed by atoms with Crippen LogP contribution in [-0.2, 0) is 0 Å². The van der Waals surface area contributed by atoms with Gasteiger partial charge in [-0.2, -0.15) is 0 Å². The van der Waals surface area contributed by atoms with Crippen LogP contribution in [0.1, 0.15) is 48.0 Å². The second-order valence-electron chi connectivity index (χ2n) is 5.54. The number of hydrogen-bond acceptors (Lipinski definition) is 1. The molecule has 0 aliphatic carbocycles. The highest BCUT2D eigenvalue weighted by Gasteiger charge is 2.16. The molecule has 0 aromatic carbocycles. The summed E-state index contributed by atoms with van der Waals surface area (Å²) >= 11 is 0. The smallest absolute Gasteiger partial charge is 0.00156 e. The summed E-state index contributed by atoms with van der Waals surface area (Å²) in [6, 6.07) is 0. The van der Waals surface area contributed by atoms with E-state index in [0.717, 1.165) is 23.7 Å². The minimum Gasteiger partial charge on any atom is -0.316 e. The lowest BCUT2D eigenvalue weighted by Gasteiger charge is -2.25. The van der Waals surface area contributed by atoms with Crippen LogP contribution in [0.4, 0.5) is 0 Å². The summed E-state index contributed by atoms with van der Waals surface area (Å²) in [5.74, 6) is 3.23. The second-order valence-corrected chi connectivity index (χ2v) is 5.54. The molecule has 0 saturated carbocycles. The van der Waals surface area contributed by atoms with Gasteiger partial charge in [0, 0.05) is 0 Å². The number of rotatable bonds is 7. The van der Waals surface area contributed by atoms with Gasteiger partial charge in [-0.15, -0.1) is 0 Å². The van der Waals surface area contributed by atoms with Crippen LogP contribution in [0, 0.1) is 23.7 Å². The average molecular weight is 199 g/mol. The monoisotopic (exact) mass is 199 g/mol. The Morgan fingerprint density at radius 3 is 1.71 bits per heavy atom. The minimum absolute atomic E-state index is 0.793. The zero-order valence-corrected chi connectivity index (χ0v) is 10.9. The van der Waals surface area contributed by atoms with Crippen LogP contribution in [-0.4, -0.2) is 13.1 Å². The van der Waals surface area contributed by atoms with Gasteiger partial charge in [-0.1, -0.05) is 41.5 Å². The zero-order valence-electron chi connectivity index (χ0n) is 10.9. The molecule has 0 unspecified atom stereocenters. The summed E-state index contributed by atoms with van der Waals surface area (Å²) in [4.78, 5) is 0. The fourth-order valence-electron chi connectivity index (χ4n) is 1.90. The molecule has 0 atom stereocenters. The first-order valence-corrected chi connectivity index (χ1v) is 6.15. The Kier molecular flexibility index (Phi) is 7.26. The maximum absolute atomic E-state index is 3.58. The molecule has 0 aromatic heterocycles. The molecule has 0 spiro atoms. The van der Waals surface area contributed by atoms with Gasteiger partial charge in [-0.05, 0) is 43.2 Å². The van der Waals surface area contributed by atoms with Crippen molar-refractivity contribution in [2.75, 3.05) is 13.1 Å². The number of nitrogens with one attached hydrogen (secondary N) is 1. The molecule has 0 radical (unpaired) electrons. The summed E-state index contributed by atoms with van der Waals surface area (Å²) in [7, 11) is 0. The standard InChI is InChI=1S/C13H29N/c1-10(2)7-8-14-9-13(11(3)4)12(5)6/h10-14H,7-9H2,1-6H3. The minimum atomic E-state index is 0.793. The van der Waals surface area contributed by atoms with Crippen LogP contribution in [0.25, 0.3) is 0 Å². The van der Waals surface area contributed by atoms with Crippen LogP contribution in [0.3, 0.4) is 0 Å². The second kappa shape index (κ2) is 7.28. The quantitative estimate of drug-likeness (QED) is 0.618. The molecule has 0 heterocycles. The van der Waals surface area contributed by atoms with E-state index in [1.54, 1.807) is 0 Å². The normalized spacial score (nSPS) is 12.4. The molecule has 0 aliphatic heterocycles. The van der Waals surface area contributed by atoms with E-state index < -0.39 is 0 Å². The molecule has 1 N–H and O–H groups in total. The van der Waals surface area contributed by atoms with Crippen molar-refractivity contribution in [3.8, 4) is 0 Å². The first-order chi connectivity index (χ1) is 6.45. The fraction of sp³-hybridized carbons (Fsp3) is 1.00. The van der Waals surface area contributed by atoms with E-state index in [4.69, 9.17) is 0 Å². The number of hydrogen-bond donors (Lipinski definition) is 1. The summed E-state index contributed by atoms with van der Waals surface area (Å²) in [6.45, 7) is 16.2. The fourth-order valence-corrected chi connectivity index (χ4v) is 1.90. The van der Waals surface area contributed by atoms with E-state index in [1.165, 1.54) is 19.5 Å². The van der Waals surface area contributed by atoms with Gasteiger partial charge in [-0.3, -0.25) is 0 Å². The van der Waals surface area contributed by atoms with Crippen molar-refractivity contribution in [2.24, 2.45) is 23.7 Å². The topological polar surface area (TPSA) is 12.0 Å². The van der Waals surface area contributed by atoms with Crippen LogP contribution >= 0.6 is 0 Å². The molecule has 1 heteroatoms. The Morgan fingerprint density at radius 2 is 1.36 bits per heavy atom. The third-order valence-corrected chi connectivity index (χ3v) is 2.99. The molecule has 0 amide bonds. The SMILES string of the molecule is CC(C)CCNCC(C(C)C)C(C)C. The molecule has 1 nitrogen and oxygen atoms in total. The van der Waals surface area contributed by atoms with Crippen molar-refractivity contribution in [2.45, 2.75) is 48.0 Å². The third-order valence-electron chi connectivity index (χ3n) is 2.99. The molecular weight excluding hydrogens is 170 g/mol. The zero-order chi connectivity index (χ0) is 11.1. The van der Waals surface area contributed by atoms with Gasteiger partial charge in [0.25, 0.3) is 0 Å². The predicted octanol–water partition coefficient (Wildman–Crippen LogP) is 3.55. The highest BCUT2D eigenvalue weighted by atomic mass is 14.9.